The van der Waals surface area contributed by atoms with Crippen LogP contribution in [-0.4, -0.2) is 42.0 Å². The van der Waals surface area contributed by atoms with Gasteiger partial charge in [-0.3, -0.25) is 14.6 Å². The number of carbonyl (C=O) groups excluding carboxylic acids is 2. The Kier molecular flexibility index (Phi) is 4.81. The van der Waals surface area contributed by atoms with Gasteiger partial charge in [0.2, 0.25) is 0 Å². The van der Waals surface area contributed by atoms with Gasteiger partial charge in [0.15, 0.2) is 0 Å². The van der Waals surface area contributed by atoms with E-state index in [1.165, 1.54) is 25.7 Å². The average molecular weight is 326 g/mol. The molecule has 0 saturated heterocycles. The zero-order chi connectivity index (χ0) is 16.9. The molecule has 0 spiro atoms. The van der Waals surface area contributed by atoms with Crippen LogP contribution in [0.5, 0.6) is 0 Å². The summed E-state index contributed by atoms with van der Waals surface area (Å²) < 4.78 is 4.95. The summed E-state index contributed by atoms with van der Waals surface area (Å²) >= 11 is 0. The molecule has 2 heterocycles. The standard InChI is InChI=1S/C17H18N4O3/c1-24-11-16(22)21-8-2-3-12-4-5-13(9-15(12)21)20-17(23)14-10-18-6-7-19-14/h4-7,9-10H,2-3,8,11H2,1H3,(H,20,23). The molecule has 7 nitrogen and oxygen atoms in total. The largest absolute Gasteiger partial charge is 0.375 e. The Bertz CT molecular complexity index is 749. The lowest BCUT2D eigenvalue weighted by Crippen LogP contribution is -2.37. The minimum atomic E-state index is -0.339. The fraction of sp³-hybridized carbons (Fsp3) is 0.294. The Morgan fingerprint density at radius 1 is 1.33 bits per heavy atom. The number of aromatic nitrogens is 2. The van der Waals surface area contributed by atoms with Crippen LogP contribution in [0.3, 0.4) is 0 Å². The summed E-state index contributed by atoms with van der Waals surface area (Å²) in [5.74, 6) is -0.426. The lowest BCUT2D eigenvalue weighted by molar-refractivity contribution is -0.122. The van der Waals surface area contributed by atoms with Crippen LogP contribution < -0.4 is 10.2 Å². The van der Waals surface area contributed by atoms with Crippen molar-refractivity contribution in [1.29, 1.82) is 0 Å². The van der Waals surface area contributed by atoms with Gasteiger partial charge in [0.05, 0.1) is 6.20 Å². The molecule has 0 aliphatic carbocycles. The van der Waals surface area contributed by atoms with E-state index in [1.54, 1.807) is 4.90 Å². The summed E-state index contributed by atoms with van der Waals surface area (Å²) in [4.78, 5) is 34.0. The molecule has 3 rings (SSSR count). The number of amides is 2. The number of hydrogen-bond acceptors (Lipinski definition) is 5. The van der Waals surface area contributed by atoms with Crippen molar-refractivity contribution < 1.29 is 14.3 Å². The Hall–Kier alpha value is -2.80. The van der Waals surface area contributed by atoms with E-state index in [-0.39, 0.29) is 24.1 Å². The van der Waals surface area contributed by atoms with Gasteiger partial charge in [-0.1, -0.05) is 6.07 Å². The number of hydrogen-bond donors (Lipinski definition) is 1. The van der Waals surface area contributed by atoms with E-state index in [2.05, 4.69) is 15.3 Å². The molecule has 0 bridgehead atoms. The summed E-state index contributed by atoms with van der Waals surface area (Å²) in [5.41, 5.74) is 2.76. The second kappa shape index (κ2) is 7.18. The number of rotatable bonds is 4. The predicted molar refractivity (Wildman–Crippen MR) is 89.0 cm³/mol. The van der Waals surface area contributed by atoms with Crippen LogP contribution >= 0.6 is 0 Å². The van der Waals surface area contributed by atoms with Crippen molar-refractivity contribution in [3.63, 3.8) is 0 Å². The van der Waals surface area contributed by atoms with Gasteiger partial charge in [-0.25, -0.2) is 4.98 Å². The summed E-state index contributed by atoms with van der Waals surface area (Å²) in [6.07, 6.45) is 6.20. The molecular weight excluding hydrogens is 308 g/mol. The van der Waals surface area contributed by atoms with Crippen molar-refractivity contribution in [1.82, 2.24) is 9.97 Å². The van der Waals surface area contributed by atoms with Crippen LogP contribution in [0, 0.1) is 0 Å². The van der Waals surface area contributed by atoms with E-state index in [4.69, 9.17) is 4.74 Å². The first-order valence-electron chi connectivity index (χ1n) is 7.68. The van der Waals surface area contributed by atoms with Crippen molar-refractivity contribution in [2.24, 2.45) is 0 Å². The number of anilines is 2. The van der Waals surface area contributed by atoms with Gasteiger partial charge in [0.25, 0.3) is 11.8 Å². The molecule has 1 N–H and O–H groups in total. The van der Waals surface area contributed by atoms with E-state index in [9.17, 15) is 9.59 Å². The Morgan fingerprint density at radius 3 is 2.96 bits per heavy atom. The van der Waals surface area contributed by atoms with Crippen molar-refractivity contribution >= 4 is 23.2 Å². The molecule has 1 aliphatic heterocycles. The summed E-state index contributed by atoms with van der Waals surface area (Å²) in [6, 6.07) is 5.58. The van der Waals surface area contributed by atoms with Crippen molar-refractivity contribution in [2.75, 3.05) is 30.5 Å². The fourth-order valence-corrected chi connectivity index (χ4v) is 2.72. The molecule has 1 aromatic carbocycles. The minimum absolute atomic E-state index is 0.0373. The number of nitrogens with one attached hydrogen (secondary N) is 1. The molecule has 24 heavy (non-hydrogen) atoms. The first-order valence-corrected chi connectivity index (χ1v) is 7.68. The van der Waals surface area contributed by atoms with Gasteiger partial charge in [-0.2, -0.15) is 0 Å². The number of fused-ring (bicyclic) bond motifs is 1. The lowest BCUT2D eigenvalue weighted by atomic mass is 10.0. The van der Waals surface area contributed by atoms with Crippen LogP contribution in [0.4, 0.5) is 11.4 Å². The monoisotopic (exact) mass is 326 g/mol. The predicted octanol–water partition coefficient (Wildman–Crippen LogP) is 1.65. The maximum absolute atomic E-state index is 12.2. The average Bonchev–Trinajstić information content (AvgIpc) is 2.62. The van der Waals surface area contributed by atoms with E-state index in [0.29, 0.717) is 12.2 Å². The summed E-state index contributed by atoms with van der Waals surface area (Å²) in [6.45, 7) is 0.687. The van der Waals surface area contributed by atoms with Crippen LogP contribution in [0.25, 0.3) is 0 Å². The number of nitrogens with zero attached hydrogens (tertiary/aromatic N) is 3. The molecule has 0 saturated carbocycles. The second-order valence-electron chi connectivity index (χ2n) is 5.47. The highest BCUT2D eigenvalue weighted by atomic mass is 16.5. The maximum atomic E-state index is 12.2. The van der Waals surface area contributed by atoms with Crippen LogP contribution in [0.2, 0.25) is 0 Å². The van der Waals surface area contributed by atoms with E-state index in [1.807, 2.05) is 18.2 Å². The maximum Gasteiger partial charge on any atom is 0.275 e. The SMILES string of the molecule is COCC(=O)N1CCCc2ccc(NC(=O)c3cnccn3)cc21. The fourth-order valence-electron chi connectivity index (χ4n) is 2.72. The van der Waals surface area contributed by atoms with E-state index >= 15 is 0 Å². The molecule has 1 aliphatic rings. The van der Waals surface area contributed by atoms with Gasteiger partial charge >= 0.3 is 0 Å². The molecule has 2 amide bonds. The smallest absolute Gasteiger partial charge is 0.275 e. The topological polar surface area (TPSA) is 84.4 Å². The van der Waals surface area contributed by atoms with Gasteiger partial charge in [0.1, 0.15) is 12.3 Å². The van der Waals surface area contributed by atoms with Gasteiger partial charge in [0, 0.05) is 37.4 Å². The third-order valence-corrected chi connectivity index (χ3v) is 3.83. The normalized spacial score (nSPS) is 13.3. The zero-order valence-corrected chi connectivity index (χ0v) is 13.4. The van der Waals surface area contributed by atoms with Gasteiger partial charge < -0.3 is 15.0 Å². The molecule has 0 unspecified atom stereocenters. The summed E-state index contributed by atoms with van der Waals surface area (Å²) in [5, 5.41) is 2.79. The molecule has 0 atom stereocenters. The molecule has 124 valence electrons. The Labute approximate surface area is 139 Å². The number of methoxy groups -OCH3 is 1. The highest BCUT2D eigenvalue weighted by molar-refractivity contribution is 6.03. The number of aryl methyl sites for hydroxylation is 1. The van der Waals surface area contributed by atoms with Crippen molar-refractivity contribution in [2.45, 2.75) is 12.8 Å². The van der Waals surface area contributed by atoms with Crippen molar-refractivity contribution in [3.8, 4) is 0 Å². The zero-order valence-electron chi connectivity index (χ0n) is 13.4. The number of benzene rings is 1. The molecule has 7 heteroatoms. The molecule has 2 aromatic rings. The van der Waals surface area contributed by atoms with Crippen LogP contribution in [0.1, 0.15) is 22.5 Å². The second-order valence-corrected chi connectivity index (χ2v) is 5.47. The minimum Gasteiger partial charge on any atom is -0.375 e. The lowest BCUT2D eigenvalue weighted by Gasteiger charge is -2.29. The van der Waals surface area contributed by atoms with Crippen LogP contribution in [-0.2, 0) is 16.0 Å². The Morgan fingerprint density at radius 2 is 2.21 bits per heavy atom. The molecule has 0 radical (unpaired) electrons. The first-order chi connectivity index (χ1) is 11.7. The van der Waals surface area contributed by atoms with Crippen LogP contribution in [0.15, 0.2) is 36.8 Å². The highest BCUT2D eigenvalue weighted by Gasteiger charge is 2.23. The Balaban J connectivity index is 1.83. The summed E-state index contributed by atoms with van der Waals surface area (Å²) in [7, 11) is 1.50. The van der Waals surface area contributed by atoms with E-state index in [0.717, 1.165) is 24.1 Å². The molecule has 0 fully saturated rings. The first kappa shape index (κ1) is 16.1. The van der Waals surface area contributed by atoms with Crippen molar-refractivity contribution in [3.05, 3.63) is 48.0 Å². The van der Waals surface area contributed by atoms with Gasteiger partial charge in [-0.05, 0) is 30.5 Å². The van der Waals surface area contributed by atoms with Gasteiger partial charge in [-0.15, -0.1) is 0 Å². The molecule has 1 aromatic heterocycles. The molecular formula is C17H18N4O3. The highest BCUT2D eigenvalue weighted by Crippen LogP contribution is 2.30. The quantitative estimate of drug-likeness (QED) is 0.923. The van der Waals surface area contributed by atoms with E-state index < -0.39 is 0 Å². The number of ether oxygens (including phenoxy) is 1. The third-order valence-electron chi connectivity index (χ3n) is 3.83. The third kappa shape index (κ3) is 3.41. The number of carbonyl (C=O) groups is 2.